The molecule has 7 nitrogen and oxygen atoms in total. The number of amides is 2. The van der Waals surface area contributed by atoms with E-state index in [0.717, 1.165) is 5.56 Å². The minimum absolute atomic E-state index is 0.0872. The maximum absolute atomic E-state index is 12.1. The summed E-state index contributed by atoms with van der Waals surface area (Å²) in [5.74, 6) is 0.691. The second-order valence-electron chi connectivity index (χ2n) is 6.95. The van der Waals surface area contributed by atoms with Gasteiger partial charge in [0.25, 0.3) is 5.91 Å². The van der Waals surface area contributed by atoms with Gasteiger partial charge in [0.05, 0.1) is 13.3 Å². The minimum Gasteiger partial charge on any atom is -0.497 e. The van der Waals surface area contributed by atoms with Crippen molar-refractivity contribution in [2.75, 3.05) is 13.7 Å². The van der Waals surface area contributed by atoms with Crippen LogP contribution in [0.5, 0.6) is 11.5 Å². The Morgan fingerprint density at radius 1 is 1.00 bits per heavy atom. The molecule has 0 aliphatic carbocycles. The molecule has 0 aliphatic heterocycles. The number of carbonyl (C=O) groups excluding carboxylic acids is 2. The largest absolute Gasteiger partial charge is 0.497 e. The minimum atomic E-state index is -0.323. The predicted octanol–water partition coefficient (Wildman–Crippen LogP) is 4.20. The maximum atomic E-state index is 12.1. The zero-order valence-corrected chi connectivity index (χ0v) is 18.8. The van der Waals surface area contributed by atoms with Crippen molar-refractivity contribution >= 4 is 29.6 Å². The van der Waals surface area contributed by atoms with Gasteiger partial charge in [-0.25, -0.2) is 5.43 Å². The molecule has 3 aromatic rings. The van der Waals surface area contributed by atoms with E-state index < -0.39 is 0 Å². The normalized spacial score (nSPS) is 10.6. The summed E-state index contributed by atoms with van der Waals surface area (Å²) >= 11 is 6.17. The SMILES string of the molecule is COc1ccc(C(=O)NCCC(=O)NN=Cc2ccccc2OCc2ccccc2Cl)cc1. The molecule has 0 heterocycles. The van der Waals surface area contributed by atoms with Crippen LogP contribution in [0.3, 0.4) is 0 Å². The fourth-order valence-electron chi connectivity index (χ4n) is 2.85. The highest BCUT2D eigenvalue weighted by molar-refractivity contribution is 6.31. The van der Waals surface area contributed by atoms with Crippen molar-refractivity contribution < 1.29 is 19.1 Å². The Kier molecular flexibility index (Phi) is 8.85. The molecule has 170 valence electrons. The lowest BCUT2D eigenvalue weighted by molar-refractivity contribution is -0.120. The van der Waals surface area contributed by atoms with E-state index in [4.69, 9.17) is 21.1 Å². The lowest BCUT2D eigenvalue weighted by Gasteiger charge is -2.10. The first kappa shape index (κ1) is 23.8. The number of methoxy groups -OCH3 is 1. The fraction of sp³-hybridized carbons (Fsp3) is 0.160. The molecule has 0 fully saturated rings. The van der Waals surface area contributed by atoms with Crippen molar-refractivity contribution in [1.29, 1.82) is 0 Å². The number of hydrogen-bond donors (Lipinski definition) is 2. The highest BCUT2D eigenvalue weighted by Crippen LogP contribution is 2.21. The van der Waals surface area contributed by atoms with Crippen molar-refractivity contribution in [3.8, 4) is 11.5 Å². The van der Waals surface area contributed by atoms with E-state index in [1.807, 2.05) is 48.5 Å². The third-order valence-corrected chi connectivity index (χ3v) is 5.01. The molecule has 0 saturated carbocycles. The van der Waals surface area contributed by atoms with E-state index in [9.17, 15) is 9.59 Å². The second kappa shape index (κ2) is 12.3. The molecule has 0 spiro atoms. The molecular weight excluding hydrogens is 442 g/mol. The Hall–Kier alpha value is -3.84. The lowest BCUT2D eigenvalue weighted by Crippen LogP contribution is -2.29. The summed E-state index contributed by atoms with van der Waals surface area (Å²) in [6.45, 7) is 0.495. The molecule has 3 rings (SSSR count). The van der Waals surface area contributed by atoms with Crippen LogP contribution in [-0.2, 0) is 11.4 Å². The van der Waals surface area contributed by atoms with Crippen LogP contribution in [0.15, 0.2) is 77.9 Å². The van der Waals surface area contributed by atoms with Crippen LogP contribution >= 0.6 is 11.6 Å². The van der Waals surface area contributed by atoms with Crippen LogP contribution in [0.2, 0.25) is 5.02 Å². The summed E-state index contributed by atoms with van der Waals surface area (Å²) in [6, 6.07) is 21.5. The van der Waals surface area contributed by atoms with Gasteiger partial charge in [0.15, 0.2) is 0 Å². The monoisotopic (exact) mass is 465 g/mol. The Bertz CT molecular complexity index is 1120. The number of nitrogens with zero attached hydrogens (tertiary/aromatic N) is 1. The molecule has 33 heavy (non-hydrogen) atoms. The highest BCUT2D eigenvalue weighted by Gasteiger charge is 2.07. The first-order valence-corrected chi connectivity index (χ1v) is 10.6. The van der Waals surface area contributed by atoms with E-state index in [-0.39, 0.29) is 24.8 Å². The van der Waals surface area contributed by atoms with Crippen molar-refractivity contribution in [2.24, 2.45) is 5.10 Å². The molecule has 0 aliphatic rings. The molecule has 3 aromatic carbocycles. The van der Waals surface area contributed by atoms with E-state index in [1.165, 1.54) is 6.21 Å². The zero-order valence-electron chi connectivity index (χ0n) is 18.1. The van der Waals surface area contributed by atoms with Crippen molar-refractivity contribution in [1.82, 2.24) is 10.7 Å². The van der Waals surface area contributed by atoms with Crippen LogP contribution in [0, 0.1) is 0 Å². The lowest BCUT2D eigenvalue weighted by atomic mass is 10.2. The molecule has 0 aromatic heterocycles. The molecule has 0 radical (unpaired) electrons. The van der Waals surface area contributed by atoms with Crippen molar-refractivity contribution in [2.45, 2.75) is 13.0 Å². The Labute approximate surface area is 197 Å². The zero-order chi connectivity index (χ0) is 23.5. The van der Waals surface area contributed by atoms with Crippen LogP contribution in [-0.4, -0.2) is 31.7 Å². The van der Waals surface area contributed by atoms with Crippen LogP contribution in [0.4, 0.5) is 0 Å². The number of ether oxygens (including phenoxy) is 2. The quantitative estimate of drug-likeness (QED) is 0.347. The van der Waals surface area contributed by atoms with Gasteiger partial charge in [-0.05, 0) is 42.5 Å². The van der Waals surface area contributed by atoms with Gasteiger partial charge in [0.2, 0.25) is 5.91 Å². The average Bonchev–Trinajstić information content (AvgIpc) is 2.84. The summed E-state index contributed by atoms with van der Waals surface area (Å²) in [5, 5.41) is 7.32. The molecule has 8 heteroatoms. The van der Waals surface area contributed by atoms with Gasteiger partial charge in [0, 0.05) is 34.7 Å². The highest BCUT2D eigenvalue weighted by atomic mass is 35.5. The van der Waals surface area contributed by atoms with Crippen LogP contribution in [0.25, 0.3) is 0 Å². The number of hydrogen-bond acceptors (Lipinski definition) is 5. The van der Waals surface area contributed by atoms with E-state index >= 15 is 0 Å². The first-order chi connectivity index (χ1) is 16.1. The van der Waals surface area contributed by atoms with Gasteiger partial charge in [-0.15, -0.1) is 0 Å². The summed E-state index contributed by atoms with van der Waals surface area (Å²) in [7, 11) is 1.56. The van der Waals surface area contributed by atoms with Crippen molar-refractivity contribution in [3.05, 3.63) is 94.5 Å². The van der Waals surface area contributed by atoms with E-state index in [0.29, 0.717) is 34.3 Å². The molecule has 0 bridgehead atoms. The van der Waals surface area contributed by atoms with Crippen LogP contribution in [0.1, 0.15) is 27.9 Å². The average molecular weight is 466 g/mol. The Morgan fingerprint density at radius 2 is 1.73 bits per heavy atom. The summed E-state index contributed by atoms with van der Waals surface area (Å²) in [6.07, 6.45) is 1.60. The second-order valence-corrected chi connectivity index (χ2v) is 7.35. The van der Waals surface area contributed by atoms with Gasteiger partial charge in [0.1, 0.15) is 18.1 Å². The number of hydrazone groups is 1. The maximum Gasteiger partial charge on any atom is 0.251 e. The number of halogens is 1. The molecule has 2 amide bonds. The summed E-state index contributed by atoms with van der Waals surface area (Å²) in [4.78, 5) is 24.1. The Balaban J connectivity index is 1.45. The third kappa shape index (κ3) is 7.36. The molecule has 0 atom stereocenters. The van der Waals surface area contributed by atoms with Gasteiger partial charge < -0.3 is 14.8 Å². The molecule has 0 unspecified atom stereocenters. The Morgan fingerprint density at radius 3 is 2.48 bits per heavy atom. The van der Waals surface area contributed by atoms with Crippen LogP contribution < -0.4 is 20.2 Å². The summed E-state index contributed by atoms with van der Waals surface area (Å²) in [5.41, 5.74) is 4.52. The first-order valence-electron chi connectivity index (χ1n) is 10.3. The topological polar surface area (TPSA) is 89.0 Å². The number of benzene rings is 3. The molecular formula is C25H24ClN3O4. The number of para-hydroxylation sites is 1. The number of rotatable bonds is 10. The predicted molar refractivity (Wildman–Crippen MR) is 128 cm³/mol. The van der Waals surface area contributed by atoms with E-state index in [1.54, 1.807) is 31.4 Å². The van der Waals surface area contributed by atoms with Crippen molar-refractivity contribution in [3.63, 3.8) is 0 Å². The standard InChI is InChI=1S/C25H24ClN3O4/c1-32-21-12-10-18(11-13-21)25(31)27-15-14-24(30)29-28-16-19-6-3-5-9-23(19)33-17-20-7-2-4-8-22(20)26/h2-13,16H,14-15,17H2,1H3,(H,27,31)(H,29,30). The van der Waals surface area contributed by atoms with Gasteiger partial charge in [-0.3, -0.25) is 9.59 Å². The smallest absolute Gasteiger partial charge is 0.251 e. The number of nitrogens with one attached hydrogen (secondary N) is 2. The van der Waals surface area contributed by atoms with Gasteiger partial charge in [-0.2, -0.15) is 5.10 Å². The summed E-state index contributed by atoms with van der Waals surface area (Å²) < 4.78 is 10.9. The van der Waals surface area contributed by atoms with Gasteiger partial charge >= 0.3 is 0 Å². The third-order valence-electron chi connectivity index (χ3n) is 4.64. The van der Waals surface area contributed by atoms with E-state index in [2.05, 4.69) is 15.8 Å². The van der Waals surface area contributed by atoms with Gasteiger partial charge in [-0.1, -0.05) is 41.9 Å². The molecule has 2 N–H and O–H groups in total. The number of carbonyl (C=O) groups is 2. The molecule has 0 saturated heterocycles. The fourth-order valence-corrected chi connectivity index (χ4v) is 3.04.